The van der Waals surface area contributed by atoms with Gasteiger partial charge in [0.1, 0.15) is 0 Å². The summed E-state index contributed by atoms with van der Waals surface area (Å²) in [5.74, 6) is 0.167. The first-order valence-electron chi connectivity index (χ1n) is 8.25. The fraction of sp³-hybridized carbons (Fsp3) is 0.611. The van der Waals surface area contributed by atoms with Gasteiger partial charge in [0.25, 0.3) is 0 Å². The second kappa shape index (κ2) is 7.48. The number of fused-ring (bicyclic) bond motifs is 1. The number of rotatable bonds is 6. The predicted octanol–water partition coefficient (Wildman–Crippen LogP) is 4.51. The van der Waals surface area contributed by atoms with Crippen molar-refractivity contribution in [1.82, 2.24) is 4.98 Å². The van der Waals surface area contributed by atoms with E-state index in [0.29, 0.717) is 6.42 Å². The van der Waals surface area contributed by atoms with Crippen LogP contribution >= 0.6 is 0 Å². The molecule has 3 heteroatoms. The van der Waals surface area contributed by atoms with E-state index < -0.39 is 0 Å². The van der Waals surface area contributed by atoms with Crippen LogP contribution in [-0.2, 0) is 17.6 Å². The number of Topliss-reactive ketones (excluding diaryl/α,β-unsaturated/α-hetero) is 1. The number of carbonyl (C=O) groups is 1. The van der Waals surface area contributed by atoms with Crippen molar-refractivity contribution in [1.29, 1.82) is 0 Å². The lowest BCUT2D eigenvalue weighted by Gasteiger charge is -2.16. The molecule has 21 heavy (non-hydrogen) atoms. The minimum Gasteiger partial charge on any atom is -0.293 e. The Morgan fingerprint density at radius 2 is 2.05 bits per heavy atom. The van der Waals surface area contributed by atoms with Crippen molar-refractivity contribution in [3.8, 4) is 0 Å². The van der Waals surface area contributed by atoms with Gasteiger partial charge in [-0.15, -0.1) is 0 Å². The second-order valence-electron chi connectivity index (χ2n) is 5.84. The van der Waals surface area contributed by atoms with Crippen molar-refractivity contribution in [2.45, 2.75) is 72.1 Å². The number of hydrogen-bond donors (Lipinski definition) is 0. The maximum Gasteiger partial charge on any atom is 0.176 e. The number of aliphatic imine (C=N–C) groups is 1. The number of unbranched alkanes of at least 4 members (excludes halogenated alkanes) is 1. The molecule has 0 radical (unpaired) electrons. The Morgan fingerprint density at radius 1 is 1.29 bits per heavy atom. The zero-order valence-corrected chi connectivity index (χ0v) is 13.5. The van der Waals surface area contributed by atoms with Gasteiger partial charge in [0.05, 0.1) is 17.1 Å². The second-order valence-corrected chi connectivity index (χ2v) is 5.84. The van der Waals surface area contributed by atoms with Crippen molar-refractivity contribution in [3.63, 3.8) is 0 Å². The predicted molar refractivity (Wildman–Crippen MR) is 87.5 cm³/mol. The lowest BCUT2D eigenvalue weighted by atomic mass is 9.95. The zero-order valence-electron chi connectivity index (χ0n) is 13.5. The van der Waals surface area contributed by atoms with E-state index in [9.17, 15) is 4.79 Å². The largest absolute Gasteiger partial charge is 0.293 e. The molecule has 0 unspecified atom stereocenters. The quantitative estimate of drug-likeness (QED) is 0.722. The highest BCUT2D eigenvalue weighted by atomic mass is 16.1. The SMILES string of the molecule is CCCC/C(=N\c1cc2c(nc1C)CCCC2)C(=O)CC. The summed E-state index contributed by atoms with van der Waals surface area (Å²) in [5.41, 5.74) is 5.12. The third-order valence-corrected chi connectivity index (χ3v) is 4.13. The van der Waals surface area contributed by atoms with Crippen molar-refractivity contribution in [2.75, 3.05) is 0 Å². The lowest BCUT2D eigenvalue weighted by Crippen LogP contribution is -2.13. The number of aryl methyl sites for hydroxylation is 3. The van der Waals surface area contributed by atoms with Crippen LogP contribution in [0.2, 0.25) is 0 Å². The number of hydrogen-bond acceptors (Lipinski definition) is 3. The molecule has 1 aliphatic rings. The smallest absolute Gasteiger partial charge is 0.176 e. The summed E-state index contributed by atoms with van der Waals surface area (Å²) < 4.78 is 0. The molecule has 0 spiro atoms. The molecule has 1 aromatic rings. The molecule has 3 nitrogen and oxygen atoms in total. The zero-order chi connectivity index (χ0) is 15.2. The summed E-state index contributed by atoms with van der Waals surface area (Å²) in [6, 6.07) is 2.16. The molecule has 0 fully saturated rings. The first-order chi connectivity index (χ1) is 10.2. The van der Waals surface area contributed by atoms with Crippen LogP contribution in [0, 0.1) is 6.92 Å². The van der Waals surface area contributed by atoms with Crippen molar-refractivity contribution >= 4 is 17.2 Å². The summed E-state index contributed by atoms with van der Waals surface area (Å²) in [4.78, 5) is 21.5. The maximum absolute atomic E-state index is 12.1. The average molecular weight is 286 g/mol. The molecule has 0 N–H and O–H groups in total. The van der Waals surface area contributed by atoms with E-state index in [1.165, 1.54) is 24.1 Å². The molecule has 114 valence electrons. The number of pyridine rings is 1. The topological polar surface area (TPSA) is 42.3 Å². The standard InChI is InChI=1S/C18H26N2O/c1-4-6-10-16(18(21)5-2)20-17-12-14-9-7-8-11-15(14)19-13(17)3/h12H,4-11H2,1-3H3/b20-16+. The molecule has 0 atom stereocenters. The van der Waals surface area contributed by atoms with Gasteiger partial charge < -0.3 is 0 Å². The monoisotopic (exact) mass is 286 g/mol. The van der Waals surface area contributed by atoms with Gasteiger partial charge in [-0.05, 0) is 57.1 Å². The Kier molecular flexibility index (Phi) is 5.66. The molecular weight excluding hydrogens is 260 g/mol. The fourth-order valence-electron chi connectivity index (χ4n) is 2.79. The van der Waals surface area contributed by atoms with Gasteiger partial charge in [-0.25, -0.2) is 4.99 Å². The molecular formula is C18H26N2O. The summed E-state index contributed by atoms with van der Waals surface area (Å²) >= 11 is 0. The van der Waals surface area contributed by atoms with E-state index in [2.05, 4.69) is 18.0 Å². The van der Waals surface area contributed by atoms with Gasteiger partial charge in [-0.3, -0.25) is 9.78 Å². The number of nitrogens with zero attached hydrogens (tertiary/aromatic N) is 2. The van der Waals surface area contributed by atoms with Crippen molar-refractivity contribution in [3.05, 3.63) is 23.0 Å². The van der Waals surface area contributed by atoms with E-state index >= 15 is 0 Å². The maximum atomic E-state index is 12.1. The van der Waals surface area contributed by atoms with Crippen LogP contribution < -0.4 is 0 Å². The minimum absolute atomic E-state index is 0.167. The molecule has 2 rings (SSSR count). The average Bonchev–Trinajstić information content (AvgIpc) is 2.51. The number of carbonyl (C=O) groups excluding carboxylic acids is 1. The molecule has 0 amide bonds. The molecule has 0 bridgehead atoms. The Morgan fingerprint density at radius 3 is 2.76 bits per heavy atom. The van der Waals surface area contributed by atoms with E-state index in [-0.39, 0.29) is 5.78 Å². The van der Waals surface area contributed by atoms with E-state index in [1.54, 1.807) is 0 Å². The molecule has 0 saturated heterocycles. The Bertz CT molecular complexity index is 546. The Hall–Kier alpha value is -1.51. The van der Waals surface area contributed by atoms with Crippen molar-refractivity contribution in [2.24, 2.45) is 4.99 Å². The summed E-state index contributed by atoms with van der Waals surface area (Å²) in [6.07, 6.45) is 8.04. The van der Waals surface area contributed by atoms with Crippen LogP contribution in [0.3, 0.4) is 0 Å². The highest BCUT2D eigenvalue weighted by Gasteiger charge is 2.15. The Labute approximate surface area is 127 Å². The fourth-order valence-corrected chi connectivity index (χ4v) is 2.79. The minimum atomic E-state index is 0.167. The van der Waals surface area contributed by atoms with Crippen LogP contribution in [0.5, 0.6) is 0 Å². The molecule has 0 saturated carbocycles. The summed E-state index contributed by atoms with van der Waals surface area (Å²) in [5, 5.41) is 0. The molecule has 0 aliphatic heterocycles. The van der Waals surface area contributed by atoms with E-state index in [4.69, 9.17) is 4.98 Å². The van der Waals surface area contributed by atoms with Crippen LogP contribution in [-0.4, -0.2) is 16.5 Å². The summed E-state index contributed by atoms with van der Waals surface area (Å²) in [6.45, 7) is 6.04. The highest BCUT2D eigenvalue weighted by Crippen LogP contribution is 2.27. The van der Waals surface area contributed by atoms with Gasteiger partial charge in [0.15, 0.2) is 5.78 Å². The van der Waals surface area contributed by atoms with Gasteiger partial charge in [-0.1, -0.05) is 20.3 Å². The summed E-state index contributed by atoms with van der Waals surface area (Å²) in [7, 11) is 0. The molecule has 1 aliphatic carbocycles. The third kappa shape index (κ3) is 3.99. The van der Waals surface area contributed by atoms with Gasteiger partial charge >= 0.3 is 0 Å². The first-order valence-corrected chi connectivity index (χ1v) is 8.25. The van der Waals surface area contributed by atoms with E-state index in [0.717, 1.165) is 49.2 Å². The molecule has 1 heterocycles. The molecule has 0 aromatic carbocycles. The normalized spacial score (nSPS) is 14.9. The van der Waals surface area contributed by atoms with E-state index in [1.807, 2.05) is 13.8 Å². The number of ketones is 1. The van der Waals surface area contributed by atoms with Gasteiger partial charge in [0.2, 0.25) is 0 Å². The van der Waals surface area contributed by atoms with Crippen LogP contribution in [0.4, 0.5) is 5.69 Å². The Balaban J connectivity index is 2.33. The van der Waals surface area contributed by atoms with Crippen LogP contribution in [0.1, 0.15) is 69.3 Å². The highest BCUT2D eigenvalue weighted by molar-refractivity contribution is 6.40. The van der Waals surface area contributed by atoms with Crippen LogP contribution in [0.15, 0.2) is 11.1 Å². The molecule has 1 aromatic heterocycles. The third-order valence-electron chi connectivity index (χ3n) is 4.13. The van der Waals surface area contributed by atoms with Gasteiger partial charge in [-0.2, -0.15) is 0 Å². The number of aromatic nitrogens is 1. The van der Waals surface area contributed by atoms with Crippen LogP contribution in [0.25, 0.3) is 0 Å². The first kappa shape index (κ1) is 15.9. The lowest BCUT2D eigenvalue weighted by molar-refractivity contribution is -0.112. The van der Waals surface area contributed by atoms with Crippen molar-refractivity contribution < 1.29 is 4.79 Å². The van der Waals surface area contributed by atoms with Gasteiger partial charge in [0, 0.05) is 12.1 Å².